The Balaban J connectivity index is 2.88. The summed E-state index contributed by atoms with van der Waals surface area (Å²) >= 11 is 1.82. The highest BCUT2D eigenvalue weighted by Gasteiger charge is 2.07. The van der Waals surface area contributed by atoms with Crippen LogP contribution in [-0.4, -0.2) is 0 Å². The van der Waals surface area contributed by atoms with Crippen molar-refractivity contribution >= 4 is 11.3 Å². The van der Waals surface area contributed by atoms with Crippen LogP contribution in [0, 0.1) is 13.8 Å². The molecule has 0 aliphatic carbocycles. The first-order valence-electron chi connectivity index (χ1n) is 3.97. The van der Waals surface area contributed by atoms with E-state index in [-0.39, 0.29) is 6.04 Å². The molecule has 0 spiro atoms. The van der Waals surface area contributed by atoms with Gasteiger partial charge in [0.2, 0.25) is 0 Å². The summed E-state index contributed by atoms with van der Waals surface area (Å²) in [7, 11) is 0. The summed E-state index contributed by atoms with van der Waals surface area (Å²) in [5, 5.41) is 0. The first-order valence-corrected chi connectivity index (χ1v) is 4.79. The maximum atomic E-state index is 5.89. The number of thiophene rings is 1. The van der Waals surface area contributed by atoms with E-state index in [4.69, 9.17) is 5.73 Å². The van der Waals surface area contributed by atoms with Gasteiger partial charge in [0.25, 0.3) is 0 Å². The zero-order valence-corrected chi connectivity index (χ0v) is 8.16. The fourth-order valence-corrected chi connectivity index (χ4v) is 2.11. The molecule has 1 aromatic rings. The average molecular weight is 169 g/mol. The lowest BCUT2D eigenvalue weighted by molar-refractivity contribution is 0.712. The molecule has 0 fully saturated rings. The minimum Gasteiger partial charge on any atom is -0.323 e. The summed E-state index contributed by atoms with van der Waals surface area (Å²) in [4.78, 5) is 2.71. The third-order valence-corrected chi connectivity index (χ3v) is 3.27. The fourth-order valence-electron chi connectivity index (χ4n) is 0.986. The van der Waals surface area contributed by atoms with Crippen molar-refractivity contribution in [3.63, 3.8) is 0 Å². The van der Waals surface area contributed by atoms with Gasteiger partial charge in [0, 0.05) is 15.8 Å². The monoisotopic (exact) mass is 169 g/mol. The second-order valence-corrected chi connectivity index (χ2v) is 4.19. The maximum absolute atomic E-state index is 5.89. The molecule has 1 heterocycles. The van der Waals surface area contributed by atoms with E-state index in [2.05, 4.69) is 26.8 Å². The number of aryl methyl sites for hydroxylation is 2. The Morgan fingerprint density at radius 1 is 1.55 bits per heavy atom. The van der Waals surface area contributed by atoms with Crippen molar-refractivity contribution in [1.29, 1.82) is 0 Å². The van der Waals surface area contributed by atoms with E-state index in [0.29, 0.717) is 0 Å². The zero-order valence-electron chi connectivity index (χ0n) is 7.35. The zero-order chi connectivity index (χ0) is 8.43. The molecule has 0 amide bonds. The van der Waals surface area contributed by atoms with Gasteiger partial charge in [-0.3, -0.25) is 0 Å². The van der Waals surface area contributed by atoms with Crippen LogP contribution in [0.4, 0.5) is 0 Å². The summed E-state index contributed by atoms with van der Waals surface area (Å²) in [5.41, 5.74) is 7.26. The van der Waals surface area contributed by atoms with E-state index in [9.17, 15) is 0 Å². The lowest BCUT2D eigenvalue weighted by Gasteiger charge is -2.03. The Labute approximate surface area is 72.2 Å². The molecule has 0 aliphatic rings. The van der Waals surface area contributed by atoms with E-state index >= 15 is 0 Å². The van der Waals surface area contributed by atoms with E-state index < -0.39 is 0 Å². The van der Waals surface area contributed by atoms with Gasteiger partial charge in [-0.1, -0.05) is 6.92 Å². The third kappa shape index (κ3) is 1.82. The van der Waals surface area contributed by atoms with E-state index in [1.165, 1.54) is 15.3 Å². The Morgan fingerprint density at radius 2 is 2.18 bits per heavy atom. The standard InChI is InChI=1S/C9H15NS/c1-4-8(10)9-5-6(2)7(3)11-9/h5,8H,4,10H2,1-3H3. The van der Waals surface area contributed by atoms with Crippen LogP contribution in [0.2, 0.25) is 0 Å². The quantitative estimate of drug-likeness (QED) is 0.724. The average Bonchev–Trinajstić information content (AvgIpc) is 2.31. The molecule has 1 unspecified atom stereocenters. The SMILES string of the molecule is CCC(N)c1cc(C)c(C)s1. The van der Waals surface area contributed by atoms with E-state index in [0.717, 1.165) is 6.42 Å². The Morgan fingerprint density at radius 3 is 2.55 bits per heavy atom. The second kappa shape index (κ2) is 3.37. The summed E-state index contributed by atoms with van der Waals surface area (Å²) in [5.74, 6) is 0. The number of hydrogen-bond acceptors (Lipinski definition) is 2. The Bertz CT molecular complexity index is 220. The lowest BCUT2D eigenvalue weighted by Crippen LogP contribution is -2.05. The molecule has 0 aliphatic heterocycles. The normalized spacial score (nSPS) is 13.5. The minimum absolute atomic E-state index is 0.243. The highest BCUT2D eigenvalue weighted by molar-refractivity contribution is 7.12. The third-order valence-electron chi connectivity index (χ3n) is 1.99. The van der Waals surface area contributed by atoms with Gasteiger partial charge in [-0.15, -0.1) is 11.3 Å². The van der Waals surface area contributed by atoms with Gasteiger partial charge >= 0.3 is 0 Å². The molecular formula is C9H15NS. The molecule has 1 rings (SSSR count). The molecule has 2 heteroatoms. The van der Waals surface area contributed by atoms with Crippen molar-refractivity contribution in [3.05, 3.63) is 21.4 Å². The largest absolute Gasteiger partial charge is 0.323 e. The molecule has 1 aromatic heterocycles. The van der Waals surface area contributed by atoms with E-state index in [1.54, 1.807) is 0 Å². The number of nitrogens with two attached hydrogens (primary N) is 1. The Hall–Kier alpha value is -0.340. The van der Waals surface area contributed by atoms with Crippen LogP contribution in [0.3, 0.4) is 0 Å². The van der Waals surface area contributed by atoms with Crippen molar-refractivity contribution in [3.8, 4) is 0 Å². The van der Waals surface area contributed by atoms with Crippen molar-refractivity contribution in [2.24, 2.45) is 5.73 Å². The molecule has 0 saturated heterocycles. The van der Waals surface area contributed by atoms with Gasteiger partial charge < -0.3 is 5.73 Å². The molecule has 2 N–H and O–H groups in total. The smallest absolute Gasteiger partial charge is 0.0387 e. The van der Waals surface area contributed by atoms with Crippen LogP contribution in [0.25, 0.3) is 0 Å². The second-order valence-electron chi connectivity index (χ2n) is 2.90. The van der Waals surface area contributed by atoms with Crippen molar-refractivity contribution < 1.29 is 0 Å². The maximum Gasteiger partial charge on any atom is 0.0387 e. The van der Waals surface area contributed by atoms with Gasteiger partial charge in [-0.2, -0.15) is 0 Å². The predicted octanol–water partition coefficient (Wildman–Crippen LogP) is 2.77. The van der Waals surface area contributed by atoms with Gasteiger partial charge in [-0.25, -0.2) is 0 Å². The molecule has 1 atom stereocenters. The highest BCUT2D eigenvalue weighted by atomic mass is 32.1. The van der Waals surface area contributed by atoms with Crippen LogP contribution in [0.1, 0.15) is 34.7 Å². The van der Waals surface area contributed by atoms with Gasteiger partial charge in [-0.05, 0) is 31.9 Å². The molecular weight excluding hydrogens is 154 g/mol. The lowest BCUT2D eigenvalue weighted by atomic mass is 10.2. The number of rotatable bonds is 2. The van der Waals surface area contributed by atoms with Crippen molar-refractivity contribution in [1.82, 2.24) is 0 Å². The first-order chi connectivity index (χ1) is 5.15. The van der Waals surface area contributed by atoms with Crippen LogP contribution in [-0.2, 0) is 0 Å². The highest BCUT2D eigenvalue weighted by Crippen LogP contribution is 2.26. The van der Waals surface area contributed by atoms with Gasteiger partial charge in [0.05, 0.1) is 0 Å². The van der Waals surface area contributed by atoms with Crippen LogP contribution in [0.5, 0.6) is 0 Å². The minimum atomic E-state index is 0.243. The predicted molar refractivity (Wildman–Crippen MR) is 51.0 cm³/mol. The summed E-state index contributed by atoms with van der Waals surface area (Å²) < 4.78 is 0. The molecule has 0 bridgehead atoms. The van der Waals surface area contributed by atoms with Crippen LogP contribution < -0.4 is 5.73 Å². The van der Waals surface area contributed by atoms with Gasteiger partial charge in [0.1, 0.15) is 0 Å². The molecule has 62 valence electrons. The first kappa shape index (κ1) is 8.75. The van der Waals surface area contributed by atoms with E-state index in [1.807, 2.05) is 11.3 Å². The topological polar surface area (TPSA) is 26.0 Å². The molecule has 0 radical (unpaired) electrons. The molecule has 1 nitrogen and oxygen atoms in total. The van der Waals surface area contributed by atoms with Crippen molar-refractivity contribution in [2.75, 3.05) is 0 Å². The number of hydrogen-bond donors (Lipinski definition) is 1. The molecule has 0 aromatic carbocycles. The molecule has 0 saturated carbocycles. The summed E-state index contributed by atoms with van der Waals surface area (Å²) in [6.45, 7) is 6.40. The van der Waals surface area contributed by atoms with Gasteiger partial charge in [0.15, 0.2) is 0 Å². The van der Waals surface area contributed by atoms with Crippen molar-refractivity contribution in [2.45, 2.75) is 33.2 Å². The summed E-state index contributed by atoms with van der Waals surface area (Å²) in [6, 6.07) is 2.45. The summed E-state index contributed by atoms with van der Waals surface area (Å²) in [6.07, 6.45) is 1.03. The van der Waals surface area contributed by atoms with Crippen LogP contribution >= 0.6 is 11.3 Å². The Kier molecular flexibility index (Phi) is 2.68. The van der Waals surface area contributed by atoms with Crippen LogP contribution in [0.15, 0.2) is 6.07 Å². The fraction of sp³-hybridized carbons (Fsp3) is 0.556. The molecule has 11 heavy (non-hydrogen) atoms.